The summed E-state index contributed by atoms with van der Waals surface area (Å²) in [4.78, 5) is 43.5. The number of carbonyl (C=O) groups excluding carboxylic acids is 3. The van der Waals surface area contributed by atoms with Gasteiger partial charge in [-0.15, -0.1) is 0 Å². The van der Waals surface area contributed by atoms with Crippen LogP contribution < -0.4 is 10.6 Å². The van der Waals surface area contributed by atoms with Crippen LogP contribution in [0, 0.1) is 0 Å². The minimum Gasteiger partial charge on any atom is -0.465 e. The van der Waals surface area contributed by atoms with Gasteiger partial charge in [-0.1, -0.05) is 6.07 Å². The fourth-order valence-corrected chi connectivity index (χ4v) is 2.47. The predicted octanol–water partition coefficient (Wildman–Crippen LogP) is 3.46. The quantitative estimate of drug-likeness (QED) is 0.490. The lowest BCUT2D eigenvalue weighted by Gasteiger charge is -2.08. The summed E-state index contributed by atoms with van der Waals surface area (Å²) in [6, 6.07) is 13.3. The standard InChI is InChI=1S/C21H18N4O4/c1-13(26)14-6-8-17(9-7-14)24-19(27)16-11-22-21(23-12-16)25-18-5-3-4-15(10-18)20(28)29-2/h3-12H,1-2H3,(H,24,27)(H,22,23,25). The molecule has 8 nitrogen and oxygen atoms in total. The highest BCUT2D eigenvalue weighted by molar-refractivity contribution is 6.04. The van der Waals surface area contributed by atoms with E-state index in [1.54, 1.807) is 48.5 Å². The van der Waals surface area contributed by atoms with E-state index in [1.165, 1.54) is 26.4 Å². The molecule has 3 rings (SSSR count). The van der Waals surface area contributed by atoms with Crippen molar-refractivity contribution in [2.24, 2.45) is 0 Å². The van der Waals surface area contributed by atoms with E-state index in [0.717, 1.165) is 0 Å². The lowest BCUT2D eigenvalue weighted by molar-refractivity contribution is 0.0600. The number of nitrogens with one attached hydrogen (secondary N) is 2. The number of ether oxygens (including phenoxy) is 1. The number of amides is 1. The number of ketones is 1. The Labute approximate surface area is 167 Å². The molecule has 0 aliphatic rings. The molecule has 0 saturated heterocycles. The van der Waals surface area contributed by atoms with Crippen molar-refractivity contribution in [2.45, 2.75) is 6.92 Å². The van der Waals surface area contributed by atoms with Gasteiger partial charge < -0.3 is 15.4 Å². The molecule has 29 heavy (non-hydrogen) atoms. The molecule has 3 aromatic rings. The van der Waals surface area contributed by atoms with E-state index in [2.05, 4.69) is 20.6 Å². The molecular weight excluding hydrogens is 372 g/mol. The molecule has 2 aromatic carbocycles. The van der Waals surface area contributed by atoms with Crippen molar-refractivity contribution in [2.75, 3.05) is 17.7 Å². The fourth-order valence-electron chi connectivity index (χ4n) is 2.47. The molecule has 0 fully saturated rings. The first-order valence-corrected chi connectivity index (χ1v) is 8.66. The molecule has 8 heteroatoms. The topological polar surface area (TPSA) is 110 Å². The van der Waals surface area contributed by atoms with Crippen molar-refractivity contribution in [3.8, 4) is 0 Å². The second kappa shape index (κ2) is 8.75. The van der Waals surface area contributed by atoms with Crippen LogP contribution in [-0.4, -0.2) is 34.7 Å². The SMILES string of the molecule is COC(=O)c1cccc(Nc2ncc(C(=O)Nc3ccc(C(C)=O)cc3)cn2)c1. The minimum absolute atomic E-state index is 0.0449. The van der Waals surface area contributed by atoms with E-state index < -0.39 is 5.97 Å². The highest BCUT2D eigenvalue weighted by atomic mass is 16.5. The maximum atomic E-state index is 12.3. The van der Waals surface area contributed by atoms with Crippen molar-refractivity contribution in [1.82, 2.24) is 9.97 Å². The van der Waals surface area contributed by atoms with Gasteiger partial charge >= 0.3 is 5.97 Å². The Bertz CT molecular complexity index is 1050. The second-order valence-electron chi connectivity index (χ2n) is 6.08. The first kappa shape index (κ1) is 19.7. The van der Waals surface area contributed by atoms with Crippen molar-refractivity contribution >= 4 is 35.0 Å². The van der Waals surface area contributed by atoms with Crippen molar-refractivity contribution in [3.05, 3.63) is 77.6 Å². The Kier molecular flexibility index (Phi) is 5.94. The van der Waals surface area contributed by atoms with Crippen molar-refractivity contribution in [3.63, 3.8) is 0 Å². The van der Waals surface area contributed by atoms with E-state index in [1.807, 2.05) is 0 Å². The van der Waals surface area contributed by atoms with Gasteiger partial charge in [0.1, 0.15) is 0 Å². The third kappa shape index (κ3) is 5.01. The maximum Gasteiger partial charge on any atom is 0.337 e. The van der Waals surface area contributed by atoms with Crippen LogP contribution in [-0.2, 0) is 4.74 Å². The Morgan fingerprint density at radius 2 is 1.55 bits per heavy atom. The lowest BCUT2D eigenvalue weighted by atomic mass is 10.1. The van der Waals surface area contributed by atoms with E-state index in [-0.39, 0.29) is 23.2 Å². The van der Waals surface area contributed by atoms with Crippen LogP contribution in [0.25, 0.3) is 0 Å². The van der Waals surface area contributed by atoms with E-state index in [4.69, 9.17) is 4.74 Å². The fraction of sp³-hybridized carbons (Fsp3) is 0.0952. The molecule has 0 aliphatic heterocycles. The first-order chi connectivity index (χ1) is 14.0. The molecule has 0 saturated carbocycles. The van der Waals surface area contributed by atoms with Crippen molar-refractivity contribution < 1.29 is 19.1 Å². The highest BCUT2D eigenvalue weighted by Gasteiger charge is 2.10. The second-order valence-corrected chi connectivity index (χ2v) is 6.08. The first-order valence-electron chi connectivity index (χ1n) is 8.66. The smallest absolute Gasteiger partial charge is 0.337 e. The normalized spacial score (nSPS) is 10.1. The molecule has 0 unspecified atom stereocenters. The van der Waals surface area contributed by atoms with Crippen LogP contribution in [0.15, 0.2) is 60.9 Å². The molecule has 2 N–H and O–H groups in total. The highest BCUT2D eigenvalue weighted by Crippen LogP contribution is 2.16. The molecule has 1 heterocycles. The summed E-state index contributed by atoms with van der Waals surface area (Å²) in [5.74, 6) is -0.594. The average Bonchev–Trinajstić information content (AvgIpc) is 2.74. The van der Waals surface area contributed by atoms with Gasteiger partial charge in [0.05, 0.1) is 18.2 Å². The molecule has 1 aromatic heterocycles. The number of Topliss-reactive ketones (excluding diaryl/α,β-unsaturated/α-hetero) is 1. The number of nitrogens with zero attached hydrogens (tertiary/aromatic N) is 2. The van der Waals surface area contributed by atoms with Gasteiger partial charge in [0.25, 0.3) is 5.91 Å². The van der Waals surface area contributed by atoms with Gasteiger partial charge in [-0.25, -0.2) is 14.8 Å². The number of methoxy groups -OCH3 is 1. The number of anilines is 3. The number of hydrogen-bond acceptors (Lipinski definition) is 7. The van der Waals surface area contributed by atoms with Gasteiger partial charge in [0, 0.05) is 29.3 Å². The monoisotopic (exact) mass is 390 g/mol. The Morgan fingerprint density at radius 1 is 0.862 bits per heavy atom. The molecule has 146 valence electrons. The van der Waals surface area contributed by atoms with Crippen LogP contribution in [0.1, 0.15) is 38.0 Å². The van der Waals surface area contributed by atoms with E-state index >= 15 is 0 Å². The summed E-state index contributed by atoms with van der Waals surface area (Å²) in [6.45, 7) is 1.48. The molecule has 1 amide bonds. The summed E-state index contributed by atoms with van der Waals surface area (Å²) in [6.07, 6.45) is 2.78. The Balaban J connectivity index is 1.66. The van der Waals surface area contributed by atoms with Crippen LogP contribution in [0.4, 0.5) is 17.3 Å². The zero-order valence-electron chi connectivity index (χ0n) is 15.8. The van der Waals surface area contributed by atoms with Crippen molar-refractivity contribution in [1.29, 1.82) is 0 Å². The van der Waals surface area contributed by atoms with Gasteiger partial charge in [-0.2, -0.15) is 0 Å². The van der Waals surface area contributed by atoms with Gasteiger partial charge in [-0.05, 0) is 49.4 Å². The van der Waals surface area contributed by atoms with Gasteiger partial charge in [-0.3, -0.25) is 9.59 Å². The zero-order chi connectivity index (χ0) is 20.8. The Morgan fingerprint density at radius 3 is 2.17 bits per heavy atom. The minimum atomic E-state index is -0.446. The van der Waals surface area contributed by atoms with E-state index in [9.17, 15) is 14.4 Å². The van der Waals surface area contributed by atoms with Crippen LogP contribution in [0.3, 0.4) is 0 Å². The third-order valence-electron chi connectivity index (χ3n) is 4.00. The Hall–Kier alpha value is -4.07. The number of esters is 1. The molecule has 0 atom stereocenters. The molecule has 0 spiro atoms. The molecule has 0 bridgehead atoms. The molecule has 0 aliphatic carbocycles. The number of benzene rings is 2. The zero-order valence-corrected chi connectivity index (χ0v) is 15.8. The average molecular weight is 390 g/mol. The molecule has 0 radical (unpaired) electrons. The summed E-state index contributed by atoms with van der Waals surface area (Å²) >= 11 is 0. The van der Waals surface area contributed by atoms with Crippen LogP contribution in [0.5, 0.6) is 0 Å². The predicted molar refractivity (Wildman–Crippen MR) is 107 cm³/mol. The number of hydrogen-bond donors (Lipinski definition) is 2. The number of carbonyl (C=O) groups is 3. The summed E-state index contributed by atoms with van der Waals surface area (Å²) < 4.78 is 4.69. The largest absolute Gasteiger partial charge is 0.465 e. The molecular formula is C21H18N4O4. The summed E-state index contributed by atoms with van der Waals surface area (Å²) in [5.41, 5.74) is 2.40. The van der Waals surface area contributed by atoms with Gasteiger partial charge in [0.2, 0.25) is 5.95 Å². The maximum absolute atomic E-state index is 12.3. The van der Waals surface area contributed by atoms with E-state index in [0.29, 0.717) is 22.5 Å². The summed E-state index contributed by atoms with van der Waals surface area (Å²) in [7, 11) is 1.31. The summed E-state index contributed by atoms with van der Waals surface area (Å²) in [5, 5.41) is 5.68. The number of rotatable bonds is 6. The third-order valence-corrected chi connectivity index (χ3v) is 4.00. The van der Waals surface area contributed by atoms with Gasteiger partial charge in [0.15, 0.2) is 5.78 Å². The lowest BCUT2D eigenvalue weighted by Crippen LogP contribution is -2.13. The van der Waals surface area contributed by atoms with Crippen LogP contribution >= 0.6 is 0 Å². The van der Waals surface area contributed by atoms with Crippen LogP contribution in [0.2, 0.25) is 0 Å². The number of aromatic nitrogens is 2.